The van der Waals surface area contributed by atoms with Gasteiger partial charge >= 0.3 is 0 Å². The Bertz CT molecular complexity index is 585. The quantitative estimate of drug-likeness (QED) is 0.834. The molecular formula is C12H15N5O. The van der Waals surface area contributed by atoms with Crippen molar-refractivity contribution in [3.63, 3.8) is 0 Å². The first kappa shape index (κ1) is 12.1. The van der Waals surface area contributed by atoms with E-state index in [1.165, 1.54) is 6.20 Å². The lowest BCUT2D eigenvalue weighted by atomic mass is 10.2. The Hall–Kier alpha value is -2.37. The van der Waals surface area contributed by atoms with Crippen molar-refractivity contribution in [1.29, 1.82) is 0 Å². The normalized spacial score (nSPS) is 10.4. The highest BCUT2D eigenvalue weighted by molar-refractivity contribution is 6.03. The molecule has 0 spiro atoms. The number of carbonyl (C=O) groups is 1. The van der Waals surface area contributed by atoms with E-state index in [2.05, 4.69) is 15.4 Å². The molecule has 1 amide bonds. The molecule has 0 bridgehead atoms. The minimum Gasteiger partial charge on any atom is -0.397 e. The van der Waals surface area contributed by atoms with Crippen molar-refractivity contribution in [1.82, 2.24) is 14.8 Å². The molecular weight excluding hydrogens is 230 g/mol. The van der Waals surface area contributed by atoms with Crippen LogP contribution in [0.3, 0.4) is 0 Å². The van der Waals surface area contributed by atoms with Crippen LogP contribution in [0.2, 0.25) is 0 Å². The zero-order valence-electron chi connectivity index (χ0n) is 10.6. The maximum Gasteiger partial charge on any atom is 0.274 e. The summed E-state index contributed by atoms with van der Waals surface area (Å²) in [6.07, 6.45) is 1.46. The van der Waals surface area contributed by atoms with Gasteiger partial charge in [0.2, 0.25) is 0 Å². The van der Waals surface area contributed by atoms with Crippen LogP contribution in [0.15, 0.2) is 18.3 Å². The van der Waals surface area contributed by atoms with Gasteiger partial charge in [0.25, 0.3) is 5.91 Å². The SMILES string of the molecule is Cc1nn(C)c(C)c1NC(=O)c1ccc(N)cn1. The number of nitrogens with one attached hydrogen (secondary N) is 1. The summed E-state index contributed by atoms with van der Waals surface area (Å²) < 4.78 is 1.72. The molecule has 0 aliphatic carbocycles. The average molecular weight is 245 g/mol. The summed E-state index contributed by atoms with van der Waals surface area (Å²) in [6, 6.07) is 3.23. The Morgan fingerprint density at radius 2 is 2.11 bits per heavy atom. The summed E-state index contributed by atoms with van der Waals surface area (Å²) in [6.45, 7) is 3.74. The topological polar surface area (TPSA) is 85.8 Å². The van der Waals surface area contributed by atoms with E-state index in [0.29, 0.717) is 11.4 Å². The van der Waals surface area contributed by atoms with Crippen LogP contribution in [0.4, 0.5) is 11.4 Å². The van der Waals surface area contributed by atoms with Gasteiger partial charge in [-0.25, -0.2) is 4.98 Å². The summed E-state index contributed by atoms with van der Waals surface area (Å²) in [5.41, 5.74) is 8.78. The van der Waals surface area contributed by atoms with Crippen LogP contribution in [0, 0.1) is 13.8 Å². The first-order chi connectivity index (χ1) is 8.49. The van der Waals surface area contributed by atoms with Gasteiger partial charge in [-0.2, -0.15) is 5.10 Å². The zero-order valence-corrected chi connectivity index (χ0v) is 10.6. The highest BCUT2D eigenvalue weighted by Gasteiger charge is 2.14. The highest BCUT2D eigenvalue weighted by atomic mass is 16.1. The van der Waals surface area contributed by atoms with Crippen molar-refractivity contribution in [3.05, 3.63) is 35.4 Å². The van der Waals surface area contributed by atoms with Gasteiger partial charge < -0.3 is 11.1 Å². The first-order valence-corrected chi connectivity index (χ1v) is 5.52. The van der Waals surface area contributed by atoms with E-state index in [1.807, 2.05) is 20.9 Å². The van der Waals surface area contributed by atoms with Gasteiger partial charge in [0.05, 0.1) is 29.0 Å². The number of amides is 1. The van der Waals surface area contributed by atoms with Crippen LogP contribution >= 0.6 is 0 Å². The predicted molar refractivity (Wildman–Crippen MR) is 69.3 cm³/mol. The molecule has 2 rings (SSSR count). The second-order valence-electron chi connectivity index (χ2n) is 4.10. The number of nitrogens with two attached hydrogens (primary N) is 1. The molecule has 0 fully saturated rings. The van der Waals surface area contributed by atoms with Crippen molar-refractivity contribution >= 4 is 17.3 Å². The maximum absolute atomic E-state index is 12.0. The van der Waals surface area contributed by atoms with E-state index in [4.69, 9.17) is 5.73 Å². The maximum atomic E-state index is 12.0. The number of rotatable bonds is 2. The van der Waals surface area contributed by atoms with Crippen LogP contribution in [0.1, 0.15) is 21.9 Å². The molecule has 0 aromatic carbocycles. The molecule has 0 atom stereocenters. The fraction of sp³-hybridized carbons (Fsp3) is 0.250. The molecule has 2 aromatic heterocycles. The second kappa shape index (κ2) is 4.48. The number of aryl methyl sites for hydroxylation is 2. The van der Waals surface area contributed by atoms with Crippen molar-refractivity contribution in [3.8, 4) is 0 Å². The minimum absolute atomic E-state index is 0.269. The van der Waals surface area contributed by atoms with Crippen molar-refractivity contribution in [2.45, 2.75) is 13.8 Å². The number of hydrogen-bond donors (Lipinski definition) is 2. The molecule has 0 aliphatic heterocycles. The summed E-state index contributed by atoms with van der Waals surface area (Å²) in [7, 11) is 1.83. The third kappa shape index (κ3) is 2.17. The van der Waals surface area contributed by atoms with E-state index in [1.54, 1.807) is 16.8 Å². The standard InChI is InChI=1S/C12H15N5O/c1-7-11(8(2)17(3)16-7)15-12(18)10-5-4-9(13)6-14-10/h4-6H,13H2,1-3H3,(H,15,18). The molecule has 94 valence electrons. The van der Waals surface area contributed by atoms with Crippen molar-refractivity contribution in [2.24, 2.45) is 7.05 Å². The largest absolute Gasteiger partial charge is 0.397 e. The summed E-state index contributed by atoms with van der Waals surface area (Å²) >= 11 is 0. The van der Waals surface area contributed by atoms with Crippen LogP contribution in [0.5, 0.6) is 0 Å². The van der Waals surface area contributed by atoms with Crippen molar-refractivity contribution < 1.29 is 4.79 Å². The van der Waals surface area contributed by atoms with Gasteiger partial charge in [0.1, 0.15) is 5.69 Å². The van der Waals surface area contributed by atoms with Crippen molar-refractivity contribution in [2.75, 3.05) is 11.1 Å². The van der Waals surface area contributed by atoms with Gasteiger partial charge in [0.15, 0.2) is 0 Å². The van der Waals surface area contributed by atoms with E-state index in [-0.39, 0.29) is 5.91 Å². The zero-order chi connectivity index (χ0) is 13.3. The van der Waals surface area contributed by atoms with E-state index >= 15 is 0 Å². The van der Waals surface area contributed by atoms with E-state index in [9.17, 15) is 4.79 Å². The Morgan fingerprint density at radius 3 is 2.61 bits per heavy atom. The number of nitrogens with zero attached hydrogens (tertiary/aromatic N) is 3. The molecule has 3 N–H and O–H groups in total. The molecule has 2 aromatic rings. The number of anilines is 2. The molecule has 0 saturated heterocycles. The minimum atomic E-state index is -0.269. The van der Waals surface area contributed by atoms with Gasteiger partial charge in [-0.05, 0) is 26.0 Å². The van der Waals surface area contributed by atoms with E-state index < -0.39 is 0 Å². The number of hydrogen-bond acceptors (Lipinski definition) is 4. The third-order valence-corrected chi connectivity index (χ3v) is 2.77. The second-order valence-corrected chi connectivity index (χ2v) is 4.10. The number of carbonyl (C=O) groups excluding carboxylic acids is 1. The molecule has 0 saturated carbocycles. The lowest BCUT2D eigenvalue weighted by Gasteiger charge is -2.05. The predicted octanol–water partition coefficient (Wildman–Crippen LogP) is 1.27. The monoisotopic (exact) mass is 245 g/mol. The van der Waals surface area contributed by atoms with Crippen LogP contribution in [-0.4, -0.2) is 20.7 Å². The summed E-state index contributed by atoms with van der Waals surface area (Å²) in [4.78, 5) is 16.0. The summed E-state index contributed by atoms with van der Waals surface area (Å²) in [5, 5.41) is 7.04. The summed E-state index contributed by atoms with van der Waals surface area (Å²) in [5.74, 6) is -0.269. The molecule has 0 unspecified atom stereocenters. The molecule has 0 aliphatic rings. The fourth-order valence-corrected chi connectivity index (χ4v) is 1.67. The van der Waals surface area contributed by atoms with Gasteiger partial charge in [-0.15, -0.1) is 0 Å². The molecule has 0 radical (unpaired) electrons. The Labute approximate surface area is 105 Å². The van der Waals surface area contributed by atoms with Crippen LogP contribution in [0.25, 0.3) is 0 Å². The molecule has 2 heterocycles. The lowest BCUT2D eigenvalue weighted by molar-refractivity contribution is 0.102. The smallest absolute Gasteiger partial charge is 0.274 e. The Morgan fingerprint density at radius 1 is 1.39 bits per heavy atom. The number of pyridine rings is 1. The van der Waals surface area contributed by atoms with Crippen LogP contribution < -0.4 is 11.1 Å². The van der Waals surface area contributed by atoms with Gasteiger partial charge in [-0.3, -0.25) is 9.48 Å². The third-order valence-electron chi connectivity index (χ3n) is 2.77. The first-order valence-electron chi connectivity index (χ1n) is 5.52. The lowest BCUT2D eigenvalue weighted by Crippen LogP contribution is -2.14. The fourth-order valence-electron chi connectivity index (χ4n) is 1.67. The van der Waals surface area contributed by atoms with Gasteiger partial charge in [0, 0.05) is 7.05 Å². The average Bonchev–Trinajstić information content (AvgIpc) is 2.57. The molecule has 6 nitrogen and oxygen atoms in total. The number of aromatic nitrogens is 3. The van der Waals surface area contributed by atoms with E-state index in [0.717, 1.165) is 17.1 Å². The van der Waals surface area contributed by atoms with Crippen LogP contribution in [-0.2, 0) is 7.05 Å². The van der Waals surface area contributed by atoms with Gasteiger partial charge in [-0.1, -0.05) is 0 Å². The highest BCUT2D eigenvalue weighted by Crippen LogP contribution is 2.19. The molecule has 6 heteroatoms. The Balaban J connectivity index is 2.24. The molecule has 18 heavy (non-hydrogen) atoms. The number of nitrogen functional groups attached to an aromatic ring is 1. The Kier molecular flexibility index (Phi) is 3.01.